The Morgan fingerprint density at radius 3 is 2.44 bits per heavy atom. The largest absolute Gasteiger partial charge is 0.326 e. The predicted octanol–water partition coefficient (Wildman–Crippen LogP) is 4.43. The second-order valence-electron chi connectivity index (χ2n) is 6.83. The minimum Gasteiger partial charge on any atom is -0.326 e. The molecule has 1 heterocycles. The van der Waals surface area contributed by atoms with E-state index in [1.54, 1.807) is 12.1 Å². The molecule has 1 amide bonds. The number of rotatable bonds is 4. The Morgan fingerprint density at radius 1 is 0.889 bits per heavy atom. The summed E-state index contributed by atoms with van der Waals surface area (Å²) in [6.07, 6.45) is 0. The minimum atomic E-state index is -0.303. The van der Waals surface area contributed by atoms with Crippen molar-refractivity contribution in [2.75, 3.05) is 18.4 Å². The lowest BCUT2D eigenvalue weighted by atomic mass is 9.88. The van der Waals surface area contributed by atoms with Gasteiger partial charge in [-0.25, -0.2) is 4.39 Å². The number of hydrogen-bond donors (Lipinski definition) is 2. The number of halogens is 1. The Labute approximate surface area is 158 Å². The fraction of sp³-hybridized carbons (Fsp3) is 0.174. The molecule has 1 aliphatic heterocycles. The van der Waals surface area contributed by atoms with Crippen LogP contribution in [0.4, 0.5) is 10.1 Å². The van der Waals surface area contributed by atoms with E-state index in [-0.39, 0.29) is 23.6 Å². The molecule has 0 unspecified atom stereocenters. The maximum absolute atomic E-state index is 14.2. The van der Waals surface area contributed by atoms with Crippen LogP contribution in [0.5, 0.6) is 0 Å². The van der Waals surface area contributed by atoms with Crippen molar-refractivity contribution in [3.8, 4) is 11.1 Å². The number of amides is 1. The van der Waals surface area contributed by atoms with Gasteiger partial charge in [-0.3, -0.25) is 4.79 Å². The normalized spacial score (nSPS) is 19.0. The number of carbonyl (C=O) groups excluding carboxylic acids is 1. The van der Waals surface area contributed by atoms with Crippen LogP contribution in [-0.2, 0) is 4.79 Å². The van der Waals surface area contributed by atoms with Gasteiger partial charge in [-0.2, -0.15) is 0 Å². The van der Waals surface area contributed by atoms with E-state index in [2.05, 4.69) is 10.6 Å². The molecular formula is C23H21FN2O. The lowest BCUT2D eigenvalue weighted by Gasteiger charge is -2.19. The van der Waals surface area contributed by atoms with Gasteiger partial charge >= 0.3 is 0 Å². The third-order valence-corrected chi connectivity index (χ3v) is 5.09. The molecule has 3 aromatic carbocycles. The second-order valence-corrected chi connectivity index (χ2v) is 6.83. The van der Waals surface area contributed by atoms with E-state index in [0.29, 0.717) is 18.7 Å². The first-order valence-corrected chi connectivity index (χ1v) is 9.14. The van der Waals surface area contributed by atoms with Gasteiger partial charge in [0.2, 0.25) is 5.91 Å². The zero-order chi connectivity index (χ0) is 18.6. The number of benzene rings is 3. The fourth-order valence-corrected chi connectivity index (χ4v) is 3.70. The Balaban J connectivity index is 1.53. The molecule has 0 saturated carbocycles. The predicted molar refractivity (Wildman–Crippen MR) is 106 cm³/mol. The van der Waals surface area contributed by atoms with Gasteiger partial charge < -0.3 is 10.6 Å². The molecule has 0 bridgehead atoms. The molecule has 2 atom stereocenters. The van der Waals surface area contributed by atoms with Crippen molar-refractivity contribution in [2.45, 2.75) is 5.92 Å². The smallest absolute Gasteiger partial charge is 0.229 e. The van der Waals surface area contributed by atoms with Crippen LogP contribution in [0.2, 0.25) is 0 Å². The van der Waals surface area contributed by atoms with Crippen LogP contribution in [0.3, 0.4) is 0 Å². The first kappa shape index (κ1) is 17.4. The number of hydrogen-bond acceptors (Lipinski definition) is 2. The molecule has 0 aromatic heterocycles. The van der Waals surface area contributed by atoms with Crippen LogP contribution in [-0.4, -0.2) is 19.0 Å². The lowest BCUT2D eigenvalue weighted by molar-refractivity contribution is -0.119. The molecule has 4 rings (SSSR count). The van der Waals surface area contributed by atoms with Crippen molar-refractivity contribution in [3.63, 3.8) is 0 Å². The Hall–Kier alpha value is -2.98. The zero-order valence-corrected chi connectivity index (χ0v) is 14.9. The maximum atomic E-state index is 14.2. The molecule has 0 aliphatic carbocycles. The minimum absolute atomic E-state index is 0.0848. The summed E-state index contributed by atoms with van der Waals surface area (Å²) in [5.74, 6) is -0.806. The van der Waals surface area contributed by atoms with Crippen molar-refractivity contribution < 1.29 is 9.18 Å². The summed E-state index contributed by atoms with van der Waals surface area (Å²) in [4.78, 5) is 12.9. The van der Waals surface area contributed by atoms with E-state index in [4.69, 9.17) is 0 Å². The maximum Gasteiger partial charge on any atom is 0.229 e. The van der Waals surface area contributed by atoms with Gasteiger partial charge in [0.1, 0.15) is 5.82 Å². The second kappa shape index (κ2) is 7.72. The molecule has 4 heteroatoms. The van der Waals surface area contributed by atoms with E-state index in [1.807, 2.05) is 60.7 Å². The van der Waals surface area contributed by atoms with Gasteiger partial charge in [-0.1, -0.05) is 60.7 Å². The van der Waals surface area contributed by atoms with Gasteiger partial charge in [0.15, 0.2) is 0 Å². The van der Waals surface area contributed by atoms with Crippen LogP contribution in [0.25, 0.3) is 11.1 Å². The topological polar surface area (TPSA) is 41.1 Å². The Bertz CT molecular complexity index is 942. The van der Waals surface area contributed by atoms with Crippen molar-refractivity contribution in [1.82, 2.24) is 5.32 Å². The average molecular weight is 360 g/mol. The molecule has 0 radical (unpaired) electrons. The van der Waals surface area contributed by atoms with E-state index >= 15 is 0 Å². The van der Waals surface area contributed by atoms with Gasteiger partial charge in [-0.15, -0.1) is 0 Å². The monoisotopic (exact) mass is 360 g/mol. The fourth-order valence-electron chi connectivity index (χ4n) is 3.70. The quantitative estimate of drug-likeness (QED) is 0.722. The Kier molecular flexibility index (Phi) is 4.99. The van der Waals surface area contributed by atoms with Crippen molar-refractivity contribution in [2.24, 2.45) is 5.92 Å². The van der Waals surface area contributed by atoms with Crippen LogP contribution in [0.15, 0.2) is 78.9 Å². The standard InChI is InChI=1S/C23H21FN2O/c24-22-12-5-4-11-19(22)20-14-25-15-21(20)23(27)26-18-10-6-9-17(13-18)16-7-2-1-3-8-16/h1-13,20-21,25H,14-15H2,(H,26,27)/t20-,21+/m0/s1. The molecule has 1 aliphatic rings. The summed E-state index contributed by atoms with van der Waals surface area (Å²) >= 11 is 0. The molecule has 3 aromatic rings. The summed E-state index contributed by atoms with van der Waals surface area (Å²) in [7, 11) is 0. The summed E-state index contributed by atoms with van der Waals surface area (Å²) in [6, 6.07) is 24.5. The molecule has 2 N–H and O–H groups in total. The third kappa shape index (κ3) is 3.76. The van der Waals surface area contributed by atoms with Crippen LogP contribution >= 0.6 is 0 Å². The van der Waals surface area contributed by atoms with Crippen molar-refractivity contribution in [3.05, 3.63) is 90.2 Å². The Morgan fingerprint density at radius 2 is 1.63 bits per heavy atom. The summed E-state index contributed by atoms with van der Waals surface area (Å²) in [6.45, 7) is 1.15. The van der Waals surface area contributed by atoms with Crippen molar-refractivity contribution in [1.29, 1.82) is 0 Å². The third-order valence-electron chi connectivity index (χ3n) is 5.09. The molecule has 0 spiro atoms. The SMILES string of the molecule is O=C(Nc1cccc(-c2ccccc2)c1)[C@@H]1CNC[C@H]1c1ccccc1F. The highest BCUT2D eigenvalue weighted by atomic mass is 19.1. The number of nitrogens with one attached hydrogen (secondary N) is 2. The summed E-state index contributed by atoms with van der Waals surface area (Å²) in [5.41, 5.74) is 3.49. The molecule has 136 valence electrons. The highest BCUT2D eigenvalue weighted by Crippen LogP contribution is 2.31. The van der Waals surface area contributed by atoms with E-state index in [1.165, 1.54) is 6.07 Å². The van der Waals surface area contributed by atoms with E-state index in [0.717, 1.165) is 16.8 Å². The number of carbonyl (C=O) groups is 1. The first-order valence-electron chi connectivity index (χ1n) is 9.14. The molecule has 27 heavy (non-hydrogen) atoms. The van der Waals surface area contributed by atoms with Crippen LogP contribution < -0.4 is 10.6 Å². The van der Waals surface area contributed by atoms with E-state index < -0.39 is 0 Å². The molecule has 3 nitrogen and oxygen atoms in total. The summed E-state index contributed by atoms with van der Waals surface area (Å²) in [5, 5.41) is 6.24. The number of anilines is 1. The van der Waals surface area contributed by atoms with E-state index in [9.17, 15) is 9.18 Å². The van der Waals surface area contributed by atoms with Crippen LogP contribution in [0, 0.1) is 11.7 Å². The van der Waals surface area contributed by atoms with Gasteiger partial charge in [0.25, 0.3) is 0 Å². The zero-order valence-electron chi connectivity index (χ0n) is 14.9. The highest BCUT2D eigenvalue weighted by Gasteiger charge is 2.35. The van der Waals surface area contributed by atoms with Gasteiger partial charge in [0.05, 0.1) is 5.92 Å². The lowest BCUT2D eigenvalue weighted by Crippen LogP contribution is -2.28. The average Bonchev–Trinajstić information content (AvgIpc) is 3.19. The van der Waals surface area contributed by atoms with Crippen LogP contribution in [0.1, 0.15) is 11.5 Å². The summed E-state index contributed by atoms with van der Waals surface area (Å²) < 4.78 is 14.2. The first-order chi connectivity index (χ1) is 13.2. The highest BCUT2D eigenvalue weighted by molar-refractivity contribution is 5.94. The molecular weight excluding hydrogens is 339 g/mol. The van der Waals surface area contributed by atoms with Gasteiger partial charge in [-0.05, 0) is 34.9 Å². The van der Waals surface area contributed by atoms with Gasteiger partial charge in [0, 0.05) is 24.7 Å². The van der Waals surface area contributed by atoms with Crippen molar-refractivity contribution >= 4 is 11.6 Å². The molecule has 1 fully saturated rings. The molecule has 1 saturated heterocycles.